The number of pyridine rings is 1. The molecule has 1 aliphatic rings. The molecule has 1 heterocycles. The third kappa shape index (κ3) is 4.48. The first-order valence-electron chi connectivity index (χ1n) is 8.04. The Morgan fingerprint density at radius 3 is 2.70 bits per heavy atom. The number of nitrogens with one attached hydrogen (secondary N) is 1. The molecule has 0 bridgehead atoms. The highest BCUT2D eigenvalue weighted by atomic mass is 15.2. The third-order valence-corrected chi connectivity index (χ3v) is 3.79. The van der Waals surface area contributed by atoms with Crippen molar-refractivity contribution < 1.29 is 0 Å². The van der Waals surface area contributed by atoms with E-state index in [0.717, 1.165) is 19.0 Å². The van der Waals surface area contributed by atoms with Gasteiger partial charge in [0.15, 0.2) is 0 Å². The van der Waals surface area contributed by atoms with Gasteiger partial charge in [0, 0.05) is 31.9 Å². The number of aryl methyl sites for hydroxylation is 1. The van der Waals surface area contributed by atoms with Crippen LogP contribution in [0.2, 0.25) is 0 Å². The summed E-state index contributed by atoms with van der Waals surface area (Å²) in [6.07, 6.45) is 6.02. The van der Waals surface area contributed by atoms with Crippen LogP contribution in [0.4, 0.5) is 5.82 Å². The third-order valence-electron chi connectivity index (χ3n) is 3.79. The molecule has 0 saturated heterocycles. The average Bonchev–Trinajstić information content (AvgIpc) is 3.20. The van der Waals surface area contributed by atoms with Crippen molar-refractivity contribution in [2.45, 2.75) is 59.5 Å². The van der Waals surface area contributed by atoms with Gasteiger partial charge in [-0.2, -0.15) is 0 Å². The lowest BCUT2D eigenvalue weighted by atomic mass is 10.1. The van der Waals surface area contributed by atoms with Crippen molar-refractivity contribution in [3.8, 4) is 0 Å². The monoisotopic (exact) mass is 275 g/mol. The van der Waals surface area contributed by atoms with Crippen molar-refractivity contribution >= 4 is 5.82 Å². The number of hydrogen-bond donors (Lipinski definition) is 1. The van der Waals surface area contributed by atoms with Gasteiger partial charge in [0.2, 0.25) is 0 Å². The maximum Gasteiger partial charge on any atom is 0.131 e. The summed E-state index contributed by atoms with van der Waals surface area (Å²) >= 11 is 0. The van der Waals surface area contributed by atoms with E-state index in [0.29, 0.717) is 6.04 Å². The molecular weight excluding hydrogens is 246 g/mol. The summed E-state index contributed by atoms with van der Waals surface area (Å²) in [5.74, 6) is 2.09. The molecule has 0 aliphatic heterocycles. The maximum absolute atomic E-state index is 4.74. The van der Waals surface area contributed by atoms with Gasteiger partial charge in [-0.1, -0.05) is 20.8 Å². The summed E-state index contributed by atoms with van der Waals surface area (Å²) < 4.78 is 0. The van der Waals surface area contributed by atoms with Gasteiger partial charge in [-0.3, -0.25) is 0 Å². The second-order valence-electron chi connectivity index (χ2n) is 6.41. The predicted octanol–water partition coefficient (Wildman–Crippen LogP) is 3.51. The zero-order valence-electron chi connectivity index (χ0n) is 13.4. The molecule has 1 aromatic rings. The van der Waals surface area contributed by atoms with Crippen LogP contribution in [-0.4, -0.2) is 24.1 Å². The number of anilines is 1. The van der Waals surface area contributed by atoms with Crippen LogP contribution in [0.5, 0.6) is 0 Å². The Labute approximate surface area is 123 Å². The molecule has 3 nitrogen and oxygen atoms in total. The van der Waals surface area contributed by atoms with Crippen molar-refractivity contribution in [1.29, 1.82) is 0 Å². The lowest BCUT2D eigenvalue weighted by molar-refractivity contribution is 0.587. The van der Waals surface area contributed by atoms with Gasteiger partial charge < -0.3 is 10.2 Å². The van der Waals surface area contributed by atoms with Crippen molar-refractivity contribution in [1.82, 2.24) is 10.3 Å². The minimum Gasteiger partial charge on any atom is -0.356 e. The van der Waals surface area contributed by atoms with Gasteiger partial charge in [-0.15, -0.1) is 0 Å². The van der Waals surface area contributed by atoms with Crippen LogP contribution in [0.15, 0.2) is 12.3 Å². The van der Waals surface area contributed by atoms with E-state index in [4.69, 9.17) is 4.98 Å². The maximum atomic E-state index is 4.74. The Morgan fingerprint density at radius 2 is 2.15 bits per heavy atom. The van der Waals surface area contributed by atoms with E-state index in [1.165, 1.54) is 42.8 Å². The smallest absolute Gasteiger partial charge is 0.131 e. The topological polar surface area (TPSA) is 28.2 Å². The van der Waals surface area contributed by atoms with Crippen LogP contribution in [0, 0.1) is 12.8 Å². The van der Waals surface area contributed by atoms with Gasteiger partial charge in [0.25, 0.3) is 0 Å². The molecule has 1 fully saturated rings. The first-order valence-corrected chi connectivity index (χ1v) is 8.04. The molecule has 0 atom stereocenters. The molecule has 1 N–H and O–H groups in total. The van der Waals surface area contributed by atoms with Crippen LogP contribution in [0.25, 0.3) is 0 Å². The summed E-state index contributed by atoms with van der Waals surface area (Å²) in [6, 6.07) is 2.80. The quantitative estimate of drug-likeness (QED) is 0.787. The lowest BCUT2D eigenvalue weighted by Crippen LogP contribution is -2.28. The molecular formula is C17H29N3. The van der Waals surface area contributed by atoms with Gasteiger partial charge in [-0.25, -0.2) is 4.98 Å². The van der Waals surface area contributed by atoms with Crippen LogP contribution in [0.1, 0.15) is 51.2 Å². The fraction of sp³-hybridized carbons (Fsp3) is 0.706. The van der Waals surface area contributed by atoms with E-state index in [-0.39, 0.29) is 0 Å². The Kier molecular flexibility index (Phi) is 5.41. The zero-order chi connectivity index (χ0) is 14.5. The largest absolute Gasteiger partial charge is 0.356 e. The highest BCUT2D eigenvalue weighted by Crippen LogP contribution is 2.31. The first-order chi connectivity index (χ1) is 9.60. The van der Waals surface area contributed by atoms with Crippen LogP contribution in [0.3, 0.4) is 0 Å². The zero-order valence-corrected chi connectivity index (χ0v) is 13.4. The lowest BCUT2D eigenvalue weighted by Gasteiger charge is -2.25. The molecule has 0 unspecified atom stereocenters. The predicted molar refractivity (Wildman–Crippen MR) is 86.2 cm³/mol. The van der Waals surface area contributed by atoms with Crippen molar-refractivity contribution in [3.05, 3.63) is 23.4 Å². The van der Waals surface area contributed by atoms with E-state index in [2.05, 4.69) is 44.0 Å². The Morgan fingerprint density at radius 1 is 1.40 bits per heavy atom. The molecule has 0 amide bonds. The molecule has 1 aromatic heterocycles. The fourth-order valence-electron chi connectivity index (χ4n) is 2.54. The summed E-state index contributed by atoms with van der Waals surface area (Å²) in [7, 11) is 0. The van der Waals surface area contributed by atoms with Crippen molar-refractivity contribution in [2.75, 3.05) is 18.0 Å². The second-order valence-corrected chi connectivity index (χ2v) is 6.41. The van der Waals surface area contributed by atoms with E-state index in [9.17, 15) is 0 Å². The fourth-order valence-corrected chi connectivity index (χ4v) is 2.54. The first kappa shape index (κ1) is 15.3. The summed E-state index contributed by atoms with van der Waals surface area (Å²) in [5.41, 5.74) is 2.59. The van der Waals surface area contributed by atoms with Crippen molar-refractivity contribution in [2.24, 2.45) is 5.92 Å². The summed E-state index contributed by atoms with van der Waals surface area (Å²) in [4.78, 5) is 7.22. The van der Waals surface area contributed by atoms with Gasteiger partial charge in [-0.05, 0) is 49.3 Å². The molecule has 112 valence electrons. The SMILES string of the molecule is CCCN(CC1CC1)c1ncc(CNC(C)C)cc1C. The van der Waals surface area contributed by atoms with Crippen molar-refractivity contribution in [3.63, 3.8) is 0 Å². The van der Waals surface area contributed by atoms with E-state index in [1.807, 2.05) is 6.20 Å². The summed E-state index contributed by atoms with van der Waals surface area (Å²) in [5, 5.41) is 3.45. The van der Waals surface area contributed by atoms with Gasteiger partial charge >= 0.3 is 0 Å². The summed E-state index contributed by atoms with van der Waals surface area (Å²) in [6.45, 7) is 12.0. The number of aromatic nitrogens is 1. The Balaban J connectivity index is 2.05. The molecule has 3 heteroatoms. The number of rotatable bonds is 8. The molecule has 1 aliphatic carbocycles. The minimum atomic E-state index is 0.515. The molecule has 2 rings (SSSR count). The van der Waals surface area contributed by atoms with Gasteiger partial charge in [0.05, 0.1) is 0 Å². The van der Waals surface area contributed by atoms with Crippen LogP contribution >= 0.6 is 0 Å². The molecule has 1 saturated carbocycles. The van der Waals surface area contributed by atoms with Crippen LogP contribution in [-0.2, 0) is 6.54 Å². The number of hydrogen-bond acceptors (Lipinski definition) is 3. The van der Waals surface area contributed by atoms with E-state index < -0.39 is 0 Å². The highest BCUT2D eigenvalue weighted by Gasteiger charge is 2.25. The average molecular weight is 275 g/mol. The highest BCUT2D eigenvalue weighted by molar-refractivity contribution is 5.47. The standard InChI is InChI=1S/C17H29N3/c1-5-8-20(12-15-6-7-15)17-14(4)9-16(11-19-17)10-18-13(2)3/h9,11,13,15,18H,5-8,10,12H2,1-4H3. The molecule has 0 radical (unpaired) electrons. The molecule has 20 heavy (non-hydrogen) atoms. The van der Waals surface area contributed by atoms with E-state index >= 15 is 0 Å². The number of nitrogens with zero attached hydrogens (tertiary/aromatic N) is 2. The normalized spacial score (nSPS) is 14.8. The Bertz CT molecular complexity index is 424. The second kappa shape index (κ2) is 7.07. The van der Waals surface area contributed by atoms with E-state index in [1.54, 1.807) is 0 Å². The molecule has 0 aromatic carbocycles. The van der Waals surface area contributed by atoms with Gasteiger partial charge in [0.1, 0.15) is 5.82 Å². The van der Waals surface area contributed by atoms with Crippen LogP contribution < -0.4 is 10.2 Å². The Hall–Kier alpha value is -1.09. The minimum absolute atomic E-state index is 0.515. The molecule has 0 spiro atoms.